The van der Waals surface area contributed by atoms with Crippen molar-refractivity contribution in [2.45, 2.75) is 25.9 Å². The average molecular weight is 354 g/mol. The maximum atomic E-state index is 12.4. The highest BCUT2D eigenvalue weighted by molar-refractivity contribution is 5.94. The summed E-state index contributed by atoms with van der Waals surface area (Å²) in [5.41, 5.74) is 2.89. The molecule has 1 fully saturated rings. The van der Waals surface area contributed by atoms with Crippen LogP contribution in [0.3, 0.4) is 0 Å². The molecule has 5 heteroatoms. The zero-order valence-corrected chi connectivity index (χ0v) is 15.5. The smallest absolute Gasteiger partial charge is 0.251 e. The zero-order chi connectivity index (χ0) is 18.4. The first-order valence-electron chi connectivity index (χ1n) is 9.00. The monoisotopic (exact) mass is 354 g/mol. The van der Waals surface area contributed by atoms with E-state index in [0.717, 1.165) is 12.1 Å². The molecule has 5 nitrogen and oxygen atoms in total. The van der Waals surface area contributed by atoms with Gasteiger partial charge in [-0.05, 0) is 61.3 Å². The third-order valence-electron chi connectivity index (χ3n) is 4.72. The Morgan fingerprint density at radius 3 is 2.27 bits per heavy atom. The molecule has 1 amide bonds. The SMILES string of the molecule is COc1ccc(CNC(=O)c2ccc(CN3CCCC3)cc2)cc1OC. The van der Waals surface area contributed by atoms with E-state index in [9.17, 15) is 4.79 Å². The summed E-state index contributed by atoms with van der Waals surface area (Å²) in [6.07, 6.45) is 2.58. The van der Waals surface area contributed by atoms with E-state index in [1.165, 1.54) is 31.5 Å². The molecule has 2 aromatic carbocycles. The number of ether oxygens (including phenoxy) is 2. The Morgan fingerprint density at radius 1 is 0.962 bits per heavy atom. The Balaban J connectivity index is 1.56. The number of amides is 1. The highest BCUT2D eigenvalue weighted by Crippen LogP contribution is 2.27. The van der Waals surface area contributed by atoms with Crippen molar-refractivity contribution in [1.82, 2.24) is 10.2 Å². The summed E-state index contributed by atoms with van der Waals surface area (Å²) in [5, 5.41) is 2.95. The van der Waals surface area contributed by atoms with Crippen LogP contribution in [0.1, 0.15) is 34.3 Å². The largest absolute Gasteiger partial charge is 0.493 e. The number of benzene rings is 2. The van der Waals surface area contributed by atoms with E-state index in [4.69, 9.17) is 9.47 Å². The van der Waals surface area contributed by atoms with Crippen LogP contribution in [0.2, 0.25) is 0 Å². The van der Waals surface area contributed by atoms with Crippen LogP contribution in [0.15, 0.2) is 42.5 Å². The van der Waals surface area contributed by atoms with E-state index < -0.39 is 0 Å². The van der Waals surface area contributed by atoms with Gasteiger partial charge >= 0.3 is 0 Å². The molecule has 2 aromatic rings. The van der Waals surface area contributed by atoms with Gasteiger partial charge in [-0.1, -0.05) is 18.2 Å². The van der Waals surface area contributed by atoms with E-state index in [1.54, 1.807) is 14.2 Å². The normalized spacial score (nSPS) is 14.2. The maximum absolute atomic E-state index is 12.4. The van der Waals surface area contributed by atoms with Gasteiger partial charge in [0.05, 0.1) is 14.2 Å². The summed E-state index contributed by atoms with van der Waals surface area (Å²) in [5.74, 6) is 1.26. The summed E-state index contributed by atoms with van der Waals surface area (Å²) >= 11 is 0. The van der Waals surface area contributed by atoms with Crippen LogP contribution in [0.4, 0.5) is 0 Å². The van der Waals surface area contributed by atoms with Crippen LogP contribution in [0, 0.1) is 0 Å². The van der Waals surface area contributed by atoms with Gasteiger partial charge in [0, 0.05) is 18.7 Å². The van der Waals surface area contributed by atoms with Gasteiger partial charge in [-0.15, -0.1) is 0 Å². The lowest BCUT2D eigenvalue weighted by atomic mass is 10.1. The van der Waals surface area contributed by atoms with Crippen LogP contribution in [-0.4, -0.2) is 38.1 Å². The fourth-order valence-electron chi connectivity index (χ4n) is 3.24. The number of nitrogens with zero attached hydrogens (tertiary/aromatic N) is 1. The molecule has 1 heterocycles. The van der Waals surface area contributed by atoms with E-state index >= 15 is 0 Å². The van der Waals surface area contributed by atoms with Crippen molar-refractivity contribution in [2.75, 3.05) is 27.3 Å². The van der Waals surface area contributed by atoms with Crippen LogP contribution < -0.4 is 14.8 Å². The molecule has 0 aromatic heterocycles. The van der Waals surface area contributed by atoms with Gasteiger partial charge in [0.25, 0.3) is 5.91 Å². The Kier molecular flexibility index (Phi) is 6.12. The van der Waals surface area contributed by atoms with Crippen molar-refractivity contribution >= 4 is 5.91 Å². The Hall–Kier alpha value is -2.53. The number of likely N-dealkylation sites (tertiary alicyclic amines) is 1. The van der Waals surface area contributed by atoms with E-state index in [-0.39, 0.29) is 5.91 Å². The standard InChI is InChI=1S/C21H26N2O3/c1-25-19-10-7-17(13-20(19)26-2)14-22-21(24)18-8-5-16(6-9-18)15-23-11-3-4-12-23/h5-10,13H,3-4,11-12,14-15H2,1-2H3,(H,22,24). The molecule has 0 atom stereocenters. The van der Waals surface area contributed by atoms with E-state index in [2.05, 4.69) is 10.2 Å². The van der Waals surface area contributed by atoms with Crippen LogP contribution >= 0.6 is 0 Å². The third-order valence-corrected chi connectivity index (χ3v) is 4.72. The average Bonchev–Trinajstić information content (AvgIpc) is 3.19. The molecular formula is C21H26N2O3. The second kappa shape index (κ2) is 8.72. The molecule has 1 aliphatic rings. The number of nitrogens with one attached hydrogen (secondary N) is 1. The summed E-state index contributed by atoms with van der Waals surface area (Å²) in [6, 6.07) is 13.5. The van der Waals surface area contributed by atoms with Crippen molar-refractivity contribution in [3.63, 3.8) is 0 Å². The molecule has 138 valence electrons. The molecule has 0 spiro atoms. The van der Waals surface area contributed by atoms with E-state index in [1.807, 2.05) is 42.5 Å². The van der Waals surface area contributed by atoms with Gasteiger partial charge in [0.1, 0.15) is 0 Å². The van der Waals surface area contributed by atoms with Gasteiger partial charge in [-0.25, -0.2) is 0 Å². The van der Waals surface area contributed by atoms with Gasteiger partial charge in [0.2, 0.25) is 0 Å². The fourth-order valence-corrected chi connectivity index (χ4v) is 3.24. The second-order valence-corrected chi connectivity index (χ2v) is 6.55. The summed E-state index contributed by atoms with van der Waals surface area (Å²) < 4.78 is 10.5. The minimum Gasteiger partial charge on any atom is -0.493 e. The third kappa shape index (κ3) is 4.55. The van der Waals surface area contributed by atoms with Gasteiger partial charge in [0.15, 0.2) is 11.5 Å². The first-order chi connectivity index (χ1) is 12.7. The van der Waals surface area contributed by atoms with Crippen LogP contribution in [-0.2, 0) is 13.1 Å². The topological polar surface area (TPSA) is 50.8 Å². The van der Waals surface area contributed by atoms with Crippen molar-refractivity contribution in [3.05, 3.63) is 59.2 Å². The fraction of sp³-hybridized carbons (Fsp3) is 0.381. The van der Waals surface area contributed by atoms with Crippen molar-refractivity contribution < 1.29 is 14.3 Å². The molecule has 0 aliphatic carbocycles. The molecule has 1 saturated heterocycles. The van der Waals surface area contributed by atoms with Gasteiger partial charge in [-0.2, -0.15) is 0 Å². The summed E-state index contributed by atoms with van der Waals surface area (Å²) in [7, 11) is 3.20. The summed E-state index contributed by atoms with van der Waals surface area (Å²) in [6.45, 7) is 3.75. The Bertz CT molecular complexity index is 737. The molecule has 1 aliphatic heterocycles. The Labute approximate surface area is 154 Å². The minimum absolute atomic E-state index is 0.0764. The lowest BCUT2D eigenvalue weighted by molar-refractivity contribution is 0.0951. The summed E-state index contributed by atoms with van der Waals surface area (Å²) in [4.78, 5) is 14.8. The highest BCUT2D eigenvalue weighted by Gasteiger charge is 2.12. The molecule has 0 saturated carbocycles. The number of carbonyl (C=O) groups excluding carboxylic acids is 1. The number of rotatable bonds is 7. The molecular weight excluding hydrogens is 328 g/mol. The number of hydrogen-bond acceptors (Lipinski definition) is 4. The van der Waals surface area contributed by atoms with Crippen LogP contribution in [0.25, 0.3) is 0 Å². The molecule has 0 radical (unpaired) electrons. The predicted molar refractivity (Wildman–Crippen MR) is 102 cm³/mol. The first kappa shape index (κ1) is 18.3. The molecule has 1 N–H and O–H groups in total. The van der Waals surface area contributed by atoms with Crippen LogP contribution in [0.5, 0.6) is 11.5 Å². The molecule has 0 unspecified atom stereocenters. The second-order valence-electron chi connectivity index (χ2n) is 6.55. The van der Waals surface area contributed by atoms with Crippen molar-refractivity contribution in [3.8, 4) is 11.5 Å². The molecule has 0 bridgehead atoms. The van der Waals surface area contributed by atoms with Gasteiger partial charge < -0.3 is 14.8 Å². The predicted octanol–water partition coefficient (Wildman–Crippen LogP) is 3.23. The van der Waals surface area contributed by atoms with E-state index in [0.29, 0.717) is 23.6 Å². The van der Waals surface area contributed by atoms with Gasteiger partial charge in [-0.3, -0.25) is 9.69 Å². The lowest BCUT2D eigenvalue weighted by Crippen LogP contribution is -2.23. The number of carbonyl (C=O) groups is 1. The minimum atomic E-state index is -0.0764. The van der Waals surface area contributed by atoms with Crippen molar-refractivity contribution in [2.24, 2.45) is 0 Å². The number of hydrogen-bond donors (Lipinski definition) is 1. The van der Waals surface area contributed by atoms with Crippen molar-refractivity contribution in [1.29, 1.82) is 0 Å². The zero-order valence-electron chi connectivity index (χ0n) is 15.5. The Morgan fingerprint density at radius 2 is 1.62 bits per heavy atom. The number of methoxy groups -OCH3 is 2. The molecule has 3 rings (SSSR count). The quantitative estimate of drug-likeness (QED) is 0.829. The lowest BCUT2D eigenvalue weighted by Gasteiger charge is -2.14. The molecule has 26 heavy (non-hydrogen) atoms. The first-order valence-corrected chi connectivity index (χ1v) is 9.00. The maximum Gasteiger partial charge on any atom is 0.251 e. The highest BCUT2D eigenvalue weighted by atomic mass is 16.5.